The Bertz CT molecular complexity index is 991. The molecule has 1 amide bonds. The third kappa shape index (κ3) is 3.72. The standard InChI is InChI=1S/C22H26N4O4/c1-28-18-13-15(14-19(29-2)20(18)30-3)21(27)25-9-6-10-26(12-11-25)22-23-16-7-4-5-8-17(16)24-22/h4-5,7-8,13-14H,6,9-12H2,1-3H3,(H,23,24). The van der Waals surface area contributed by atoms with Gasteiger partial charge in [0, 0.05) is 31.7 Å². The molecule has 2 aromatic carbocycles. The van der Waals surface area contributed by atoms with Crippen LogP contribution in [0.4, 0.5) is 5.95 Å². The van der Waals surface area contributed by atoms with Crippen molar-refractivity contribution in [2.45, 2.75) is 6.42 Å². The van der Waals surface area contributed by atoms with Crippen molar-refractivity contribution in [2.24, 2.45) is 0 Å². The number of fused-ring (bicyclic) bond motifs is 1. The SMILES string of the molecule is COc1cc(C(=O)N2CCCN(c3nc4ccccc4[nH]3)CC2)cc(OC)c1OC. The summed E-state index contributed by atoms with van der Waals surface area (Å²) in [5, 5.41) is 0. The largest absolute Gasteiger partial charge is 0.493 e. The van der Waals surface area contributed by atoms with E-state index in [1.165, 1.54) is 0 Å². The van der Waals surface area contributed by atoms with Crippen molar-refractivity contribution < 1.29 is 19.0 Å². The van der Waals surface area contributed by atoms with Gasteiger partial charge in [0.25, 0.3) is 5.91 Å². The first kappa shape index (κ1) is 19.9. The van der Waals surface area contributed by atoms with Crippen LogP contribution in [0.25, 0.3) is 11.0 Å². The Morgan fingerprint density at radius 1 is 0.967 bits per heavy atom. The Balaban J connectivity index is 1.52. The third-order valence-corrected chi connectivity index (χ3v) is 5.37. The molecular weight excluding hydrogens is 384 g/mol. The van der Waals surface area contributed by atoms with Crippen LogP contribution in [0.2, 0.25) is 0 Å². The topological polar surface area (TPSA) is 79.9 Å². The summed E-state index contributed by atoms with van der Waals surface area (Å²) in [5.41, 5.74) is 2.48. The van der Waals surface area contributed by atoms with Gasteiger partial charge >= 0.3 is 0 Å². The molecule has 8 heteroatoms. The van der Waals surface area contributed by atoms with Crippen LogP contribution in [-0.2, 0) is 0 Å². The van der Waals surface area contributed by atoms with E-state index in [0.29, 0.717) is 42.4 Å². The number of anilines is 1. The number of imidazole rings is 1. The molecule has 1 fully saturated rings. The van der Waals surface area contributed by atoms with Gasteiger partial charge in [-0.05, 0) is 30.7 Å². The Labute approximate surface area is 175 Å². The summed E-state index contributed by atoms with van der Waals surface area (Å²) in [5.74, 6) is 2.21. The molecule has 1 aromatic heterocycles. The average molecular weight is 410 g/mol. The molecule has 3 aromatic rings. The molecule has 0 saturated carbocycles. The van der Waals surface area contributed by atoms with Crippen LogP contribution in [-0.4, -0.2) is 68.3 Å². The minimum atomic E-state index is -0.0549. The van der Waals surface area contributed by atoms with Crippen molar-refractivity contribution in [3.05, 3.63) is 42.0 Å². The molecule has 0 bridgehead atoms. The summed E-state index contributed by atoms with van der Waals surface area (Å²) < 4.78 is 16.1. The van der Waals surface area contributed by atoms with Gasteiger partial charge < -0.3 is 29.0 Å². The summed E-state index contributed by atoms with van der Waals surface area (Å²) in [7, 11) is 4.63. The molecule has 1 saturated heterocycles. The van der Waals surface area contributed by atoms with Gasteiger partial charge in [-0.2, -0.15) is 0 Å². The van der Waals surface area contributed by atoms with Crippen molar-refractivity contribution >= 4 is 22.9 Å². The number of H-pyrrole nitrogens is 1. The molecular formula is C22H26N4O4. The van der Waals surface area contributed by atoms with E-state index in [-0.39, 0.29) is 5.91 Å². The number of carbonyl (C=O) groups is 1. The lowest BCUT2D eigenvalue weighted by atomic mass is 10.1. The van der Waals surface area contributed by atoms with E-state index in [1.807, 2.05) is 29.2 Å². The van der Waals surface area contributed by atoms with Gasteiger partial charge in [0.05, 0.1) is 32.4 Å². The maximum atomic E-state index is 13.2. The van der Waals surface area contributed by atoms with Gasteiger partial charge in [0.15, 0.2) is 11.5 Å². The highest BCUT2D eigenvalue weighted by atomic mass is 16.5. The second kappa shape index (κ2) is 8.52. The summed E-state index contributed by atoms with van der Waals surface area (Å²) in [6.45, 7) is 2.81. The first-order valence-electron chi connectivity index (χ1n) is 9.93. The third-order valence-electron chi connectivity index (χ3n) is 5.37. The first-order valence-corrected chi connectivity index (χ1v) is 9.93. The number of ether oxygens (including phenoxy) is 3. The number of aromatic amines is 1. The Morgan fingerprint density at radius 3 is 2.37 bits per heavy atom. The quantitative estimate of drug-likeness (QED) is 0.697. The molecule has 1 aliphatic rings. The van der Waals surface area contributed by atoms with Gasteiger partial charge in [-0.25, -0.2) is 4.98 Å². The fraction of sp³-hybridized carbons (Fsp3) is 0.364. The number of para-hydroxylation sites is 2. The molecule has 30 heavy (non-hydrogen) atoms. The highest BCUT2D eigenvalue weighted by Gasteiger charge is 2.24. The van der Waals surface area contributed by atoms with E-state index < -0.39 is 0 Å². The molecule has 4 rings (SSSR count). The maximum absolute atomic E-state index is 13.2. The first-order chi connectivity index (χ1) is 14.6. The summed E-state index contributed by atoms with van der Waals surface area (Å²) >= 11 is 0. The summed E-state index contributed by atoms with van der Waals surface area (Å²) in [6, 6.07) is 11.4. The molecule has 1 aliphatic heterocycles. The van der Waals surface area contributed by atoms with Crippen LogP contribution < -0.4 is 19.1 Å². The van der Waals surface area contributed by atoms with Crippen molar-refractivity contribution in [1.29, 1.82) is 0 Å². The molecule has 0 atom stereocenters. The minimum absolute atomic E-state index is 0.0549. The zero-order valence-electron chi connectivity index (χ0n) is 17.5. The number of benzene rings is 2. The number of nitrogens with zero attached hydrogens (tertiary/aromatic N) is 3. The highest BCUT2D eigenvalue weighted by Crippen LogP contribution is 2.38. The molecule has 158 valence electrons. The van der Waals surface area contributed by atoms with Crippen LogP contribution in [0.3, 0.4) is 0 Å². The van der Waals surface area contributed by atoms with E-state index >= 15 is 0 Å². The zero-order valence-corrected chi connectivity index (χ0v) is 17.5. The number of aromatic nitrogens is 2. The normalized spacial score (nSPS) is 14.5. The molecule has 0 radical (unpaired) electrons. The second-order valence-electron chi connectivity index (χ2n) is 7.12. The predicted octanol–water partition coefficient (Wildman–Crippen LogP) is 2.94. The number of methoxy groups -OCH3 is 3. The summed E-state index contributed by atoms with van der Waals surface area (Å²) in [6.07, 6.45) is 0.854. The lowest BCUT2D eigenvalue weighted by Crippen LogP contribution is -2.35. The number of hydrogen-bond acceptors (Lipinski definition) is 6. The van der Waals surface area contributed by atoms with Crippen molar-refractivity contribution in [2.75, 3.05) is 52.4 Å². The number of nitrogens with one attached hydrogen (secondary N) is 1. The van der Waals surface area contributed by atoms with Crippen molar-refractivity contribution in [3.8, 4) is 17.2 Å². The van der Waals surface area contributed by atoms with Crippen LogP contribution in [0.5, 0.6) is 17.2 Å². The maximum Gasteiger partial charge on any atom is 0.254 e. The van der Waals surface area contributed by atoms with Crippen LogP contribution in [0.1, 0.15) is 16.8 Å². The van der Waals surface area contributed by atoms with Crippen molar-refractivity contribution in [3.63, 3.8) is 0 Å². The number of rotatable bonds is 5. The fourth-order valence-corrected chi connectivity index (χ4v) is 3.81. The van der Waals surface area contributed by atoms with Crippen molar-refractivity contribution in [1.82, 2.24) is 14.9 Å². The summed E-state index contributed by atoms with van der Waals surface area (Å²) in [4.78, 5) is 25.3. The Hall–Kier alpha value is -3.42. The van der Waals surface area contributed by atoms with Gasteiger partial charge in [-0.3, -0.25) is 4.79 Å². The van der Waals surface area contributed by atoms with E-state index in [1.54, 1.807) is 33.5 Å². The zero-order chi connectivity index (χ0) is 21.1. The van der Waals surface area contributed by atoms with Crippen LogP contribution in [0, 0.1) is 0 Å². The number of hydrogen-bond donors (Lipinski definition) is 1. The predicted molar refractivity (Wildman–Crippen MR) is 115 cm³/mol. The van der Waals surface area contributed by atoms with Crippen LogP contribution >= 0.6 is 0 Å². The van der Waals surface area contributed by atoms with Gasteiger partial charge in [0.2, 0.25) is 11.7 Å². The van der Waals surface area contributed by atoms with Gasteiger partial charge in [-0.15, -0.1) is 0 Å². The monoisotopic (exact) mass is 410 g/mol. The van der Waals surface area contributed by atoms with E-state index in [2.05, 4.69) is 9.88 Å². The second-order valence-corrected chi connectivity index (χ2v) is 7.12. The molecule has 0 spiro atoms. The lowest BCUT2D eigenvalue weighted by molar-refractivity contribution is 0.0766. The molecule has 2 heterocycles. The highest BCUT2D eigenvalue weighted by molar-refractivity contribution is 5.95. The molecule has 0 aliphatic carbocycles. The smallest absolute Gasteiger partial charge is 0.254 e. The fourth-order valence-electron chi connectivity index (χ4n) is 3.81. The van der Waals surface area contributed by atoms with E-state index in [0.717, 1.165) is 29.9 Å². The molecule has 0 unspecified atom stereocenters. The molecule has 1 N–H and O–H groups in total. The Morgan fingerprint density at radius 2 is 1.70 bits per heavy atom. The Kier molecular flexibility index (Phi) is 5.65. The van der Waals surface area contributed by atoms with E-state index in [4.69, 9.17) is 19.2 Å². The molecule has 8 nitrogen and oxygen atoms in total. The van der Waals surface area contributed by atoms with Gasteiger partial charge in [-0.1, -0.05) is 12.1 Å². The lowest BCUT2D eigenvalue weighted by Gasteiger charge is -2.22. The van der Waals surface area contributed by atoms with E-state index in [9.17, 15) is 4.79 Å². The number of carbonyl (C=O) groups excluding carboxylic acids is 1. The van der Waals surface area contributed by atoms with Gasteiger partial charge in [0.1, 0.15) is 0 Å². The average Bonchev–Trinajstić information content (AvgIpc) is 3.06. The minimum Gasteiger partial charge on any atom is -0.493 e. The number of amides is 1. The van der Waals surface area contributed by atoms with Crippen LogP contribution in [0.15, 0.2) is 36.4 Å².